The van der Waals surface area contributed by atoms with Gasteiger partial charge in [-0.15, -0.1) is 0 Å². The number of hydrogen-bond donors (Lipinski definition) is 0. The molecule has 118 valence electrons. The Balaban J connectivity index is 1.84. The topological polar surface area (TPSA) is 41.4 Å². The molecule has 1 aliphatic heterocycles. The highest BCUT2D eigenvalue weighted by molar-refractivity contribution is 6.30. The molecule has 0 saturated carbocycles. The molecular formula is C16H13ClF2N4. The number of rotatable bonds is 3. The first-order valence-corrected chi connectivity index (χ1v) is 7.30. The van der Waals surface area contributed by atoms with Crippen LogP contribution in [0.15, 0.2) is 46.6 Å². The van der Waals surface area contributed by atoms with E-state index in [0.29, 0.717) is 11.1 Å². The predicted octanol–water partition coefficient (Wildman–Crippen LogP) is 3.81. The van der Waals surface area contributed by atoms with Crippen molar-refractivity contribution in [1.82, 2.24) is 14.9 Å². The van der Waals surface area contributed by atoms with E-state index in [1.165, 1.54) is 11.0 Å². The number of allylic oxidation sites excluding steroid dienone is 1. The number of aromatic nitrogens is 2. The first-order valence-electron chi connectivity index (χ1n) is 6.92. The second-order valence-electron chi connectivity index (χ2n) is 5.15. The number of pyridine rings is 2. The summed E-state index contributed by atoms with van der Waals surface area (Å²) in [4.78, 5) is 13.6. The van der Waals surface area contributed by atoms with Crippen LogP contribution in [0.5, 0.6) is 0 Å². The Kier molecular flexibility index (Phi) is 4.34. The van der Waals surface area contributed by atoms with Crippen molar-refractivity contribution in [3.05, 3.63) is 58.7 Å². The van der Waals surface area contributed by atoms with E-state index in [2.05, 4.69) is 15.0 Å². The van der Waals surface area contributed by atoms with Crippen molar-refractivity contribution < 1.29 is 8.78 Å². The van der Waals surface area contributed by atoms with Crippen LogP contribution in [-0.4, -0.2) is 27.8 Å². The lowest BCUT2D eigenvalue weighted by Gasteiger charge is -2.24. The Labute approximate surface area is 137 Å². The van der Waals surface area contributed by atoms with Crippen LogP contribution in [0.1, 0.15) is 11.3 Å². The van der Waals surface area contributed by atoms with Crippen LogP contribution in [0, 0.1) is 12.7 Å². The fraction of sp³-hybridized carbons (Fsp3) is 0.188. The summed E-state index contributed by atoms with van der Waals surface area (Å²) >= 11 is 5.89. The monoisotopic (exact) mass is 334 g/mol. The summed E-state index contributed by atoms with van der Waals surface area (Å²) in [5.41, 5.74) is 2.28. The highest BCUT2D eigenvalue weighted by Crippen LogP contribution is 2.24. The van der Waals surface area contributed by atoms with Gasteiger partial charge in [0.15, 0.2) is 5.83 Å². The van der Waals surface area contributed by atoms with Gasteiger partial charge < -0.3 is 4.90 Å². The van der Waals surface area contributed by atoms with Gasteiger partial charge in [0, 0.05) is 30.2 Å². The van der Waals surface area contributed by atoms with Gasteiger partial charge in [-0.3, -0.25) is 15.0 Å². The van der Waals surface area contributed by atoms with Gasteiger partial charge in [0.1, 0.15) is 23.3 Å². The molecule has 0 bridgehead atoms. The molecule has 0 N–H and O–H groups in total. The van der Waals surface area contributed by atoms with Crippen molar-refractivity contribution in [1.29, 1.82) is 0 Å². The predicted molar refractivity (Wildman–Crippen MR) is 85.1 cm³/mol. The zero-order chi connectivity index (χ0) is 16.4. The standard InChI is InChI=1S/C16H13ClF2N4/c1-10-4-12(2-3-21-10)15-13(18)5-11(6-22-15)8-23-9-20-7-14(19)16(23)17/h2-7H,8-9H2,1H3. The van der Waals surface area contributed by atoms with Crippen LogP contribution < -0.4 is 0 Å². The first kappa shape index (κ1) is 15.6. The van der Waals surface area contributed by atoms with Gasteiger partial charge in [0.25, 0.3) is 0 Å². The maximum atomic E-state index is 14.3. The Hall–Kier alpha value is -2.34. The highest BCUT2D eigenvalue weighted by atomic mass is 35.5. The van der Waals surface area contributed by atoms with Gasteiger partial charge in [-0.05, 0) is 30.7 Å². The molecule has 0 atom stereocenters. The summed E-state index contributed by atoms with van der Waals surface area (Å²) in [6, 6.07) is 4.84. The van der Waals surface area contributed by atoms with Crippen molar-refractivity contribution >= 4 is 17.8 Å². The zero-order valence-electron chi connectivity index (χ0n) is 12.3. The average Bonchev–Trinajstić information content (AvgIpc) is 2.52. The Morgan fingerprint density at radius 1 is 1.26 bits per heavy atom. The summed E-state index contributed by atoms with van der Waals surface area (Å²) in [5, 5.41) is -0.0331. The van der Waals surface area contributed by atoms with Crippen LogP contribution in [-0.2, 0) is 6.54 Å². The van der Waals surface area contributed by atoms with Crippen LogP contribution in [0.25, 0.3) is 11.3 Å². The average molecular weight is 335 g/mol. The largest absolute Gasteiger partial charge is 0.336 e. The Morgan fingerprint density at radius 2 is 2.09 bits per heavy atom. The number of aliphatic imine (C=N–C) groups is 1. The maximum Gasteiger partial charge on any atom is 0.176 e. The molecule has 0 aliphatic carbocycles. The minimum absolute atomic E-state index is 0.0331. The van der Waals surface area contributed by atoms with Gasteiger partial charge in [0.2, 0.25) is 0 Å². The molecule has 23 heavy (non-hydrogen) atoms. The molecule has 3 heterocycles. The van der Waals surface area contributed by atoms with E-state index in [1.807, 2.05) is 6.92 Å². The van der Waals surface area contributed by atoms with E-state index < -0.39 is 11.6 Å². The third-order valence-electron chi connectivity index (χ3n) is 3.37. The van der Waals surface area contributed by atoms with E-state index in [0.717, 1.165) is 11.9 Å². The second-order valence-corrected chi connectivity index (χ2v) is 5.51. The first-order chi connectivity index (χ1) is 11.0. The minimum atomic E-state index is -0.602. The van der Waals surface area contributed by atoms with Crippen molar-refractivity contribution in [2.75, 3.05) is 6.67 Å². The molecule has 0 aromatic carbocycles. The van der Waals surface area contributed by atoms with E-state index in [-0.39, 0.29) is 24.1 Å². The molecular weight excluding hydrogens is 322 g/mol. The fourth-order valence-electron chi connectivity index (χ4n) is 2.29. The maximum absolute atomic E-state index is 14.3. The van der Waals surface area contributed by atoms with Gasteiger partial charge >= 0.3 is 0 Å². The molecule has 3 rings (SSSR count). The molecule has 7 heteroatoms. The van der Waals surface area contributed by atoms with Gasteiger partial charge in [-0.25, -0.2) is 8.78 Å². The van der Waals surface area contributed by atoms with E-state index >= 15 is 0 Å². The van der Waals surface area contributed by atoms with Crippen LogP contribution in [0.3, 0.4) is 0 Å². The Bertz CT molecular complexity index is 804. The molecule has 4 nitrogen and oxygen atoms in total. The number of hydrogen-bond acceptors (Lipinski definition) is 4. The van der Waals surface area contributed by atoms with Crippen LogP contribution in [0.2, 0.25) is 0 Å². The molecule has 0 unspecified atom stereocenters. The summed E-state index contributed by atoms with van der Waals surface area (Å²) in [7, 11) is 0. The summed E-state index contributed by atoms with van der Waals surface area (Å²) in [5.74, 6) is -1.05. The van der Waals surface area contributed by atoms with E-state index in [1.54, 1.807) is 24.5 Å². The lowest BCUT2D eigenvalue weighted by Crippen LogP contribution is -2.24. The SMILES string of the molecule is Cc1cc(-c2ncc(CN3CN=CC(F)=C3Cl)cc2F)ccn1. The molecule has 1 aliphatic rings. The molecule has 0 saturated heterocycles. The summed E-state index contributed by atoms with van der Waals surface area (Å²) in [6.45, 7) is 2.28. The Morgan fingerprint density at radius 3 is 2.83 bits per heavy atom. The molecule has 0 amide bonds. The normalized spacial score (nSPS) is 14.5. The van der Waals surface area contributed by atoms with Crippen LogP contribution in [0.4, 0.5) is 8.78 Å². The lowest BCUT2D eigenvalue weighted by molar-refractivity contribution is 0.353. The lowest BCUT2D eigenvalue weighted by atomic mass is 10.1. The highest BCUT2D eigenvalue weighted by Gasteiger charge is 2.17. The zero-order valence-corrected chi connectivity index (χ0v) is 13.1. The molecule has 2 aromatic heterocycles. The molecule has 2 aromatic rings. The second kappa shape index (κ2) is 6.42. The van der Waals surface area contributed by atoms with Crippen molar-refractivity contribution in [2.45, 2.75) is 13.5 Å². The minimum Gasteiger partial charge on any atom is -0.336 e. The van der Waals surface area contributed by atoms with E-state index in [4.69, 9.17) is 11.6 Å². The smallest absolute Gasteiger partial charge is 0.176 e. The van der Waals surface area contributed by atoms with Crippen molar-refractivity contribution in [3.8, 4) is 11.3 Å². The van der Waals surface area contributed by atoms with Gasteiger partial charge in [-0.1, -0.05) is 11.6 Å². The number of nitrogens with zero attached hydrogens (tertiary/aromatic N) is 4. The van der Waals surface area contributed by atoms with Crippen LogP contribution >= 0.6 is 11.6 Å². The summed E-state index contributed by atoms with van der Waals surface area (Å²) in [6.07, 6.45) is 4.24. The van der Waals surface area contributed by atoms with Gasteiger partial charge in [-0.2, -0.15) is 0 Å². The van der Waals surface area contributed by atoms with Crippen molar-refractivity contribution in [2.24, 2.45) is 4.99 Å². The third-order valence-corrected chi connectivity index (χ3v) is 3.79. The molecule has 0 fully saturated rings. The quantitative estimate of drug-likeness (QED) is 0.801. The fourth-order valence-corrected chi connectivity index (χ4v) is 2.46. The van der Waals surface area contributed by atoms with Gasteiger partial charge in [0.05, 0.1) is 6.21 Å². The molecule has 0 spiro atoms. The summed E-state index contributed by atoms with van der Waals surface area (Å²) < 4.78 is 27.7. The van der Waals surface area contributed by atoms with E-state index in [9.17, 15) is 8.78 Å². The van der Waals surface area contributed by atoms with Crippen molar-refractivity contribution in [3.63, 3.8) is 0 Å². The number of aryl methyl sites for hydroxylation is 1. The third kappa shape index (κ3) is 3.37. The molecule has 0 radical (unpaired) electrons. The number of halogens is 3.